The minimum Gasteiger partial charge on any atom is -0.315 e. The van der Waals surface area contributed by atoms with E-state index in [4.69, 9.17) is 0 Å². The Morgan fingerprint density at radius 1 is 1.18 bits per heavy atom. The van der Waals surface area contributed by atoms with Crippen LogP contribution in [0.5, 0.6) is 0 Å². The molecule has 0 amide bonds. The SMILES string of the molecule is CCCCN(C)C1CC(CCC)CCC1NC. The quantitative estimate of drug-likeness (QED) is 0.735. The van der Waals surface area contributed by atoms with Crippen molar-refractivity contribution in [2.24, 2.45) is 5.92 Å². The number of likely N-dealkylation sites (N-methyl/N-ethyl adjacent to an activating group) is 2. The van der Waals surface area contributed by atoms with E-state index in [0.717, 1.165) is 12.0 Å². The van der Waals surface area contributed by atoms with Crippen LogP contribution in [0.4, 0.5) is 0 Å². The second-order valence-electron chi connectivity index (χ2n) is 5.76. The number of nitrogens with zero attached hydrogens (tertiary/aromatic N) is 1. The Balaban J connectivity index is 2.49. The molecule has 0 radical (unpaired) electrons. The summed E-state index contributed by atoms with van der Waals surface area (Å²) in [5.74, 6) is 0.971. The summed E-state index contributed by atoms with van der Waals surface area (Å²) in [7, 11) is 4.45. The van der Waals surface area contributed by atoms with E-state index >= 15 is 0 Å². The van der Waals surface area contributed by atoms with Gasteiger partial charge in [-0.25, -0.2) is 0 Å². The number of rotatable bonds is 7. The molecular formula is C15H32N2. The van der Waals surface area contributed by atoms with Crippen LogP contribution < -0.4 is 5.32 Å². The predicted octanol–water partition coefficient (Wildman–Crippen LogP) is 3.28. The summed E-state index contributed by atoms with van der Waals surface area (Å²) in [6, 6.07) is 1.47. The zero-order chi connectivity index (χ0) is 12.7. The monoisotopic (exact) mass is 240 g/mol. The van der Waals surface area contributed by atoms with Crippen LogP contribution in [0.3, 0.4) is 0 Å². The molecule has 0 saturated heterocycles. The Bertz CT molecular complexity index is 193. The fraction of sp³-hybridized carbons (Fsp3) is 1.00. The Kier molecular flexibility index (Phi) is 7.14. The molecule has 0 aromatic carbocycles. The van der Waals surface area contributed by atoms with Crippen LogP contribution in [0.1, 0.15) is 58.8 Å². The molecule has 1 fully saturated rings. The van der Waals surface area contributed by atoms with Crippen molar-refractivity contribution in [3.63, 3.8) is 0 Å². The second-order valence-corrected chi connectivity index (χ2v) is 5.76. The lowest BCUT2D eigenvalue weighted by Gasteiger charge is -2.41. The Morgan fingerprint density at radius 2 is 1.94 bits per heavy atom. The lowest BCUT2D eigenvalue weighted by molar-refractivity contribution is 0.118. The number of unbranched alkanes of at least 4 members (excludes halogenated alkanes) is 1. The molecule has 0 aliphatic heterocycles. The molecule has 2 nitrogen and oxygen atoms in total. The maximum absolute atomic E-state index is 3.53. The molecule has 1 rings (SSSR count). The minimum atomic E-state index is 0.713. The topological polar surface area (TPSA) is 15.3 Å². The van der Waals surface area contributed by atoms with Gasteiger partial charge in [-0.3, -0.25) is 0 Å². The van der Waals surface area contributed by atoms with E-state index in [1.807, 2.05) is 0 Å². The molecule has 1 aliphatic carbocycles. The molecule has 3 unspecified atom stereocenters. The summed E-state index contributed by atoms with van der Waals surface area (Å²) in [5.41, 5.74) is 0. The van der Waals surface area contributed by atoms with Crippen molar-refractivity contribution in [1.82, 2.24) is 10.2 Å². The van der Waals surface area contributed by atoms with Crippen LogP contribution in [0.25, 0.3) is 0 Å². The van der Waals surface area contributed by atoms with Crippen molar-refractivity contribution in [3.8, 4) is 0 Å². The van der Waals surface area contributed by atoms with Gasteiger partial charge in [0, 0.05) is 12.1 Å². The summed E-state index contributed by atoms with van der Waals surface area (Å²) in [6.45, 7) is 5.86. The van der Waals surface area contributed by atoms with Gasteiger partial charge in [0.05, 0.1) is 0 Å². The van der Waals surface area contributed by atoms with Gasteiger partial charge in [-0.2, -0.15) is 0 Å². The van der Waals surface area contributed by atoms with E-state index in [1.165, 1.54) is 51.5 Å². The van der Waals surface area contributed by atoms with Gasteiger partial charge < -0.3 is 10.2 Å². The first-order chi connectivity index (χ1) is 8.22. The smallest absolute Gasteiger partial charge is 0.0248 e. The first-order valence-electron chi connectivity index (χ1n) is 7.60. The normalized spacial score (nSPS) is 29.8. The van der Waals surface area contributed by atoms with Crippen LogP contribution in [0.2, 0.25) is 0 Å². The standard InChI is InChI=1S/C15H32N2/c1-5-7-11-17(4)15-12-13(8-6-2)9-10-14(15)16-3/h13-16H,5-12H2,1-4H3. The molecule has 0 heterocycles. The second kappa shape index (κ2) is 8.10. The summed E-state index contributed by atoms with van der Waals surface area (Å²) in [4.78, 5) is 2.60. The molecule has 17 heavy (non-hydrogen) atoms. The van der Waals surface area contributed by atoms with Crippen LogP contribution >= 0.6 is 0 Å². The first-order valence-corrected chi connectivity index (χ1v) is 7.60. The van der Waals surface area contributed by atoms with Gasteiger partial charge in [-0.15, -0.1) is 0 Å². The van der Waals surface area contributed by atoms with Gasteiger partial charge in [-0.1, -0.05) is 33.1 Å². The van der Waals surface area contributed by atoms with Crippen LogP contribution in [-0.2, 0) is 0 Å². The molecule has 2 heteroatoms. The highest BCUT2D eigenvalue weighted by Crippen LogP contribution is 2.30. The number of hydrogen-bond acceptors (Lipinski definition) is 2. The third kappa shape index (κ3) is 4.59. The number of hydrogen-bond donors (Lipinski definition) is 1. The van der Waals surface area contributed by atoms with Gasteiger partial charge in [0.25, 0.3) is 0 Å². The zero-order valence-corrected chi connectivity index (χ0v) is 12.3. The molecule has 1 aliphatic rings. The van der Waals surface area contributed by atoms with Crippen molar-refractivity contribution in [2.75, 3.05) is 20.6 Å². The van der Waals surface area contributed by atoms with Crippen LogP contribution in [-0.4, -0.2) is 37.6 Å². The van der Waals surface area contributed by atoms with E-state index in [-0.39, 0.29) is 0 Å². The third-order valence-corrected chi connectivity index (χ3v) is 4.42. The molecule has 3 atom stereocenters. The molecule has 1 N–H and O–H groups in total. The Hall–Kier alpha value is -0.0800. The molecular weight excluding hydrogens is 208 g/mol. The van der Waals surface area contributed by atoms with E-state index in [2.05, 4.69) is 38.2 Å². The van der Waals surface area contributed by atoms with Crippen LogP contribution in [0, 0.1) is 5.92 Å². The average molecular weight is 240 g/mol. The number of nitrogens with one attached hydrogen (secondary N) is 1. The lowest BCUT2D eigenvalue weighted by atomic mass is 9.79. The van der Waals surface area contributed by atoms with Gasteiger partial charge in [0.15, 0.2) is 0 Å². The highest BCUT2D eigenvalue weighted by atomic mass is 15.2. The molecule has 0 bridgehead atoms. The van der Waals surface area contributed by atoms with E-state index in [1.54, 1.807) is 0 Å². The largest absolute Gasteiger partial charge is 0.315 e. The predicted molar refractivity (Wildman–Crippen MR) is 76.4 cm³/mol. The molecule has 0 aromatic rings. The first kappa shape index (κ1) is 15.0. The van der Waals surface area contributed by atoms with E-state index in [9.17, 15) is 0 Å². The Labute approximate surface area is 108 Å². The third-order valence-electron chi connectivity index (χ3n) is 4.42. The van der Waals surface area contributed by atoms with E-state index < -0.39 is 0 Å². The van der Waals surface area contributed by atoms with Gasteiger partial charge in [-0.05, 0) is 52.2 Å². The van der Waals surface area contributed by atoms with Crippen LogP contribution in [0.15, 0.2) is 0 Å². The summed E-state index contributed by atoms with van der Waals surface area (Å²) in [5, 5.41) is 3.53. The minimum absolute atomic E-state index is 0.713. The molecule has 1 saturated carbocycles. The lowest BCUT2D eigenvalue weighted by Crippen LogP contribution is -2.51. The zero-order valence-electron chi connectivity index (χ0n) is 12.3. The molecule has 0 aromatic heterocycles. The van der Waals surface area contributed by atoms with Crippen molar-refractivity contribution in [2.45, 2.75) is 70.9 Å². The van der Waals surface area contributed by atoms with Crippen molar-refractivity contribution in [3.05, 3.63) is 0 Å². The van der Waals surface area contributed by atoms with E-state index in [0.29, 0.717) is 6.04 Å². The molecule has 102 valence electrons. The van der Waals surface area contributed by atoms with Crippen molar-refractivity contribution < 1.29 is 0 Å². The fourth-order valence-corrected chi connectivity index (χ4v) is 3.30. The van der Waals surface area contributed by atoms with Gasteiger partial charge >= 0.3 is 0 Å². The highest BCUT2D eigenvalue weighted by Gasteiger charge is 2.31. The fourth-order valence-electron chi connectivity index (χ4n) is 3.30. The van der Waals surface area contributed by atoms with Gasteiger partial charge in [0.2, 0.25) is 0 Å². The summed E-state index contributed by atoms with van der Waals surface area (Å²) in [6.07, 6.45) is 9.61. The maximum Gasteiger partial charge on any atom is 0.0248 e. The average Bonchev–Trinajstić information content (AvgIpc) is 2.36. The van der Waals surface area contributed by atoms with Gasteiger partial charge in [0.1, 0.15) is 0 Å². The highest BCUT2D eigenvalue weighted by molar-refractivity contribution is 4.89. The van der Waals surface area contributed by atoms with Crippen molar-refractivity contribution >= 4 is 0 Å². The maximum atomic E-state index is 3.53. The van der Waals surface area contributed by atoms with Crippen molar-refractivity contribution in [1.29, 1.82) is 0 Å². The molecule has 0 spiro atoms. The Morgan fingerprint density at radius 3 is 2.53 bits per heavy atom. The summed E-state index contributed by atoms with van der Waals surface area (Å²) >= 11 is 0. The summed E-state index contributed by atoms with van der Waals surface area (Å²) < 4.78 is 0.